The Balaban J connectivity index is 1.27. The molecule has 232 valence electrons. The summed E-state index contributed by atoms with van der Waals surface area (Å²) in [6.07, 6.45) is 0.0540. The molecule has 0 bridgehead atoms. The van der Waals surface area contributed by atoms with Gasteiger partial charge in [0.15, 0.2) is 0 Å². The molecule has 0 aliphatic heterocycles. The molecule has 0 fully saturated rings. The van der Waals surface area contributed by atoms with E-state index < -0.39 is 29.4 Å². The van der Waals surface area contributed by atoms with Crippen molar-refractivity contribution < 1.29 is 23.2 Å². The highest BCUT2D eigenvalue weighted by Gasteiger charge is 2.27. The first-order valence-corrected chi connectivity index (χ1v) is 14.6. The van der Waals surface area contributed by atoms with Crippen molar-refractivity contribution in [1.82, 2.24) is 10.6 Å². The van der Waals surface area contributed by atoms with Gasteiger partial charge in [-0.3, -0.25) is 14.4 Å². The first-order chi connectivity index (χ1) is 22.2. The second-order valence-electron chi connectivity index (χ2n) is 10.8. The number of hydrogen-bond acceptors (Lipinski definition) is 4. The monoisotopic (exact) mass is 618 g/mol. The second-order valence-corrected chi connectivity index (χ2v) is 10.8. The Labute approximate surface area is 265 Å². The highest BCUT2D eigenvalue weighted by Crippen LogP contribution is 2.27. The van der Waals surface area contributed by atoms with Crippen LogP contribution < -0.4 is 21.7 Å². The third-order valence-electron chi connectivity index (χ3n) is 7.46. The molecule has 46 heavy (non-hydrogen) atoms. The molecule has 5 aromatic rings. The SMILES string of the molecule is Nc1ccc(-c2ccccc2)cc1NC(=O)c1ccc(CC(C(=O)NCc2ccc(F)cc2)C(=O)NCc2ccc(F)cc2)cc1. The summed E-state index contributed by atoms with van der Waals surface area (Å²) in [5.74, 6) is -3.30. The quantitative estimate of drug-likeness (QED) is 0.103. The topological polar surface area (TPSA) is 113 Å². The number of hydrogen-bond donors (Lipinski definition) is 4. The summed E-state index contributed by atoms with van der Waals surface area (Å²) < 4.78 is 26.6. The first-order valence-electron chi connectivity index (χ1n) is 14.6. The van der Waals surface area contributed by atoms with Crippen molar-refractivity contribution in [2.75, 3.05) is 11.1 Å². The first kappa shape index (κ1) is 31.6. The predicted molar refractivity (Wildman–Crippen MR) is 174 cm³/mol. The van der Waals surface area contributed by atoms with E-state index in [9.17, 15) is 23.2 Å². The van der Waals surface area contributed by atoms with E-state index in [1.807, 2.05) is 42.5 Å². The van der Waals surface area contributed by atoms with Crippen molar-refractivity contribution >= 4 is 29.1 Å². The van der Waals surface area contributed by atoms with E-state index in [0.717, 1.165) is 11.1 Å². The van der Waals surface area contributed by atoms with Gasteiger partial charge in [-0.25, -0.2) is 8.78 Å². The maximum absolute atomic E-state index is 13.3. The molecule has 9 heteroatoms. The fourth-order valence-corrected chi connectivity index (χ4v) is 4.83. The van der Waals surface area contributed by atoms with Gasteiger partial charge in [-0.15, -0.1) is 0 Å². The molecule has 0 atom stereocenters. The number of nitrogens with one attached hydrogen (secondary N) is 3. The Hall–Kier alpha value is -5.83. The number of halogens is 2. The highest BCUT2D eigenvalue weighted by molar-refractivity contribution is 6.06. The van der Waals surface area contributed by atoms with Gasteiger partial charge in [0.1, 0.15) is 17.6 Å². The van der Waals surface area contributed by atoms with Crippen LogP contribution in [0.1, 0.15) is 27.0 Å². The van der Waals surface area contributed by atoms with Gasteiger partial charge in [0.05, 0.1) is 11.4 Å². The number of nitrogens with two attached hydrogens (primary N) is 1. The van der Waals surface area contributed by atoms with Crippen LogP contribution >= 0.6 is 0 Å². The van der Waals surface area contributed by atoms with Crippen molar-refractivity contribution in [3.8, 4) is 11.1 Å². The van der Waals surface area contributed by atoms with Gasteiger partial charge in [0.2, 0.25) is 11.8 Å². The Morgan fingerprint density at radius 1 is 0.609 bits per heavy atom. The number of carbonyl (C=O) groups is 3. The normalized spacial score (nSPS) is 10.8. The molecule has 0 aromatic heterocycles. The third kappa shape index (κ3) is 8.41. The summed E-state index contributed by atoms with van der Waals surface area (Å²) in [5.41, 5.74) is 11.3. The minimum atomic E-state index is -1.11. The van der Waals surface area contributed by atoms with Gasteiger partial charge < -0.3 is 21.7 Å². The molecule has 7 nitrogen and oxygen atoms in total. The number of rotatable bonds is 11. The Morgan fingerprint density at radius 2 is 1.13 bits per heavy atom. The molecule has 0 spiro atoms. The number of carbonyl (C=O) groups excluding carboxylic acids is 3. The van der Waals surface area contributed by atoms with E-state index in [-0.39, 0.29) is 25.4 Å². The zero-order valence-corrected chi connectivity index (χ0v) is 24.8. The molecular formula is C37H32F2N4O3. The molecule has 5 N–H and O–H groups in total. The number of nitrogen functional groups attached to an aromatic ring is 1. The largest absolute Gasteiger partial charge is 0.397 e. The summed E-state index contributed by atoms with van der Waals surface area (Å²) in [6.45, 7) is 0.211. The van der Waals surface area contributed by atoms with Crippen molar-refractivity contribution in [2.24, 2.45) is 5.92 Å². The lowest BCUT2D eigenvalue weighted by Gasteiger charge is -2.17. The van der Waals surface area contributed by atoms with Crippen LogP contribution in [0.4, 0.5) is 20.2 Å². The average Bonchev–Trinajstić information content (AvgIpc) is 3.08. The molecule has 3 amide bonds. The van der Waals surface area contributed by atoms with Gasteiger partial charge in [0.25, 0.3) is 5.91 Å². The lowest BCUT2D eigenvalue weighted by atomic mass is 9.96. The summed E-state index contributed by atoms with van der Waals surface area (Å²) in [6, 6.07) is 33.1. The Bertz CT molecular complexity index is 1750. The summed E-state index contributed by atoms with van der Waals surface area (Å²) >= 11 is 0. The smallest absolute Gasteiger partial charge is 0.255 e. The maximum Gasteiger partial charge on any atom is 0.255 e. The summed E-state index contributed by atoms with van der Waals surface area (Å²) in [5, 5.41) is 8.38. The number of amides is 3. The van der Waals surface area contributed by atoms with E-state index in [2.05, 4.69) is 16.0 Å². The zero-order valence-electron chi connectivity index (χ0n) is 24.8. The molecule has 0 radical (unpaired) electrons. The van der Waals surface area contributed by atoms with Gasteiger partial charge in [0, 0.05) is 18.7 Å². The molecule has 5 aromatic carbocycles. The van der Waals surface area contributed by atoms with Crippen molar-refractivity contribution in [3.05, 3.63) is 155 Å². The van der Waals surface area contributed by atoms with Crippen LogP contribution in [0.3, 0.4) is 0 Å². The zero-order chi connectivity index (χ0) is 32.5. The minimum absolute atomic E-state index is 0.0540. The number of benzene rings is 5. The molecule has 0 saturated heterocycles. The van der Waals surface area contributed by atoms with E-state index in [1.54, 1.807) is 54.6 Å². The van der Waals surface area contributed by atoms with Gasteiger partial charge in [-0.05, 0) is 82.8 Å². The average molecular weight is 619 g/mol. The lowest BCUT2D eigenvalue weighted by Crippen LogP contribution is -2.42. The maximum atomic E-state index is 13.3. The Kier molecular flexibility index (Phi) is 10.1. The second kappa shape index (κ2) is 14.8. The van der Waals surface area contributed by atoms with Crippen LogP contribution in [-0.2, 0) is 29.1 Å². The molecule has 0 unspecified atom stereocenters. The molecule has 0 heterocycles. The van der Waals surface area contributed by atoms with E-state index in [4.69, 9.17) is 5.73 Å². The molecule has 0 saturated carbocycles. The molecular weight excluding hydrogens is 586 g/mol. The van der Waals surface area contributed by atoms with Crippen molar-refractivity contribution in [1.29, 1.82) is 0 Å². The fraction of sp³-hybridized carbons (Fsp3) is 0.108. The standard InChI is InChI=1S/C37H32F2N4O3/c38-30-15-8-25(9-16-30)22-41-36(45)32(37(46)42-23-26-10-17-31(39)18-11-26)20-24-6-12-28(13-7-24)35(44)43-34-21-29(14-19-33(34)40)27-4-2-1-3-5-27/h1-19,21,32H,20,22-23,40H2,(H,41,45)(H,42,46)(H,43,44). The third-order valence-corrected chi connectivity index (χ3v) is 7.46. The van der Waals surface area contributed by atoms with Crippen LogP contribution in [0.25, 0.3) is 11.1 Å². The van der Waals surface area contributed by atoms with E-state index in [0.29, 0.717) is 33.6 Å². The summed E-state index contributed by atoms with van der Waals surface area (Å²) in [7, 11) is 0. The molecule has 0 aliphatic rings. The van der Waals surface area contributed by atoms with E-state index >= 15 is 0 Å². The predicted octanol–water partition coefficient (Wildman–Crippen LogP) is 6.26. The van der Waals surface area contributed by atoms with Crippen molar-refractivity contribution in [3.63, 3.8) is 0 Å². The number of anilines is 2. The van der Waals surface area contributed by atoms with Crippen LogP contribution in [0.2, 0.25) is 0 Å². The molecule has 0 aliphatic carbocycles. The van der Waals surface area contributed by atoms with Crippen LogP contribution in [0.5, 0.6) is 0 Å². The summed E-state index contributed by atoms with van der Waals surface area (Å²) in [4.78, 5) is 39.6. The van der Waals surface area contributed by atoms with Crippen molar-refractivity contribution in [2.45, 2.75) is 19.5 Å². The molecule has 5 rings (SSSR count). The van der Waals surface area contributed by atoms with Crippen LogP contribution in [-0.4, -0.2) is 17.7 Å². The van der Waals surface area contributed by atoms with Gasteiger partial charge >= 0.3 is 0 Å². The van der Waals surface area contributed by atoms with Crippen LogP contribution in [0, 0.1) is 17.6 Å². The fourth-order valence-electron chi connectivity index (χ4n) is 4.83. The Morgan fingerprint density at radius 3 is 1.67 bits per heavy atom. The van der Waals surface area contributed by atoms with Gasteiger partial charge in [-0.1, -0.05) is 72.8 Å². The van der Waals surface area contributed by atoms with Crippen LogP contribution in [0.15, 0.2) is 121 Å². The lowest BCUT2D eigenvalue weighted by molar-refractivity contribution is -0.135. The highest BCUT2D eigenvalue weighted by atomic mass is 19.1. The minimum Gasteiger partial charge on any atom is -0.397 e. The van der Waals surface area contributed by atoms with Gasteiger partial charge in [-0.2, -0.15) is 0 Å². The van der Waals surface area contributed by atoms with E-state index in [1.165, 1.54) is 24.3 Å².